The van der Waals surface area contributed by atoms with Crippen molar-refractivity contribution in [2.75, 3.05) is 5.32 Å². The first-order valence-electron chi connectivity index (χ1n) is 10.8. The second-order valence-corrected chi connectivity index (χ2v) is 8.30. The lowest BCUT2D eigenvalue weighted by molar-refractivity contribution is 0.102. The van der Waals surface area contributed by atoms with Crippen LogP contribution in [0, 0.1) is 0 Å². The van der Waals surface area contributed by atoms with Gasteiger partial charge in [-0.25, -0.2) is 9.67 Å². The smallest absolute Gasteiger partial charge is 0.276 e. The number of pyridine rings is 1. The number of anilines is 1. The van der Waals surface area contributed by atoms with E-state index in [-0.39, 0.29) is 11.6 Å². The number of hydrogen-bond acceptors (Lipinski definition) is 5. The predicted molar refractivity (Wildman–Crippen MR) is 131 cm³/mol. The van der Waals surface area contributed by atoms with Gasteiger partial charge in [-0.3, -0.25) is 9.48 Å². The van der Waals surface area contributed by atoms with E-state index in [1.807, 2.05) is 53.2 Å². The third-order valence-electron chi connectivity index (χ3n) is 5.40. The summed E-state index contributed by atoms with van der Waals surface area (Å²) in [5.41, 5.74) is 3.85. The van der Waals surface area contributed by atoms with Gasteiger partial charge in [0.25, 0.3) is 5.91 Å². The van der Waals surface area contributed by atoms with Gasteiger partial charge in [-0.1, -0.05) is 23.7 Å². The Kier molecular flexibility index (Phi) is 5.16. The van der Waals surface area contributed by atoms with Gasteiger partial charge in [0.1, 0.15) is 11.3 Å². The Labute approximate surface area is 204 Å². The van der Waals surface area contributed by atoms with Gasteiger partial charge in [0.05, 0.1) is 36.1 Å². The summed E-state index contributed by atoms with van der Waals surface area (Å²) in [6.45, 7) is 0.476. The quantitative estimate of drug-likeness (QED) is 0.362. The molecule has 0 unspecified atom stereocenters. The second-order valence-electron chi connectivity index (χ2n) is 7.86. The molecule has 0 aliphatic carbocycles. The van der Waals surface area contributed by atoms with Crippen LogP contribution in [-0.4, -0.2) is 34.9 Å². The molecule has 1 amide bonds. The standard InChI is InChI=1S/C25H18ClN7O2/c26-17-5-3-6-20(11-17)33-22(23-7-4-10-35-23)12-21(30-33)25(34)29-18-13-27-32(15-18)16-19-14-31-9-2-1-8-24(31)28-19/h1-15H,16H2,(H,29,34). The SMILES string of the molecule is O=C(Nc1cnn(Cc2cn3ccccc3n2)c1)c1cc(-c2ccco2)n(-c2cccc(Cl)c2)n1. The average Bonchev–Trinajstić information content (AvgIpc) is 3.64. The van der Waals surface area contributed by atoms with E-state index in [0.717, 1.165) is 11.3 Å². The molecule has 0 bridgehead atoms. The first kappa shape index (κ1) is 20.9. The zero-order valence-corrected chi connectivity index (χ0v) is 19.0. The summed E-state index contributed by atoms with van der Waals surface area (Å²) in [4.78, 5) is 17.6. The minimum atomic E-state index is -0.370. The van der Waals surface area contributed by atoms with Crippen LogP contribution in [0.15, 0.2) is 96.1 Å². The van der Waals surface area contributed by atoms with E-state index in [1.54, 1.807) is 52.3 Å². The average molecular weight is 484 g/mol. The highest BCUT2D eigenvalue weighted by atomic mass is 35.5. The highest BCUT2D eigenvalue weighted by Gasteiger charge is 2.19. The van der Waals surface area contributed by atoms with E-state index in [2.05, 4.69) is 20.5 Å². The number of carbonyl (C=O) groups excluding carboxylic acids is 1. The molecule has 6 rings (SSSR count). The van der Waals surface area contributed by atoms with E-state index >= 15 is 0 Å². The van der Waals surface area contributed by atoms with Gasteiger partial charge >= 0.3 is 0 Å². The third kappa shape index (κ3) is 4.20. The number of nitrogens with zero attached hydrogens (tertiary/aromatic N) is 6. The molecule has 0 saturated heterocycles. The zero-order chi connectivity index (χ0) is 23.8. The monoisotopic (exact) mass is 483 g/mol. The van der Waals surface area contributed by atoms with Crippen molar-refractivity contribution in [1.29, 1.82) is 0 Å². The van der Waals surface area contributed by atoms with Crippen LogP contribution in [0.2, 0.25) is 5.02 Å². The Morgan fingerprint density at radius 3 is 2.83 bits per heavy atom. The summed E-state index contributed by atoms with van der Waals surface area (Å²) in [6, 6.07) is 18.3. The Balaban J connectivity index is 1.24. The first-order valence-corrected chi connectivity index (χ1v) is 11.2. The molecule has 5 aromatic heterocycles. The molecule has 172 valence electrons. The number of carbonyl (C=O) groups is 1. The highest BCUT2D eigenvalue weighted by Crippen LogP contribution is 2.26. The number of hydrogen-bond donors (Lipinski definition) is 1. The van der Waals surface area contributed by atoms with Crippen LogP contribution in [0.25, 0.3) is 22.8 Å². The van der Waals surface area contributed by atoms with E-state index in [0.29, 0.717) is 34.4 Å². The number of rotatable bonds is 6. The molecule has 1 N–H and O–H groups in total. The van der Waals surface area contributed by atoms with Gasteiger partial charge in [-0.15, -0.1) is 0 Å². The second kappa shape index (κ2) is 8.62. The lowest BCUT2D eigenvalue weighted by atomic mass is 10.2. The lowest BCUT2D eigenvalue weighted by Crippen LogP contribution is -2.13. The molecular weight excluding hydrogens is 466 g/mol. The van der Waals surface area contributed by atoms with E-state index in [1.165, 1.54) is 0 Å². The van der Waals surface area contributed by atoms with Crippen LogP contribution in [0.5, 0.6) is 0 Å². The van der Waals surface area contributed by atoms with Crippen LogP contribution in [0.1, 0.15) is 16.2 Å². The molecule has 1 aromatic carbocycles. The van der Waals surface area contributed by atoms with Gasteiger partial charge in [0, 0.05) is 29.7 Å². The van der Waals surface area contributed by atoms with Crippen LogP contribution < -0.4 is 5.32 Å². The maximum absolute atomic E-state index is 13.0. The number of aromatic nitrogens is 6. The fraction of sp³-hybridized carbons (Fsp3) is 0.0400. The minimum Gasteiger partial charge on any atom is -0.463 e. The van der Waals surface area contributed by atoms with Gasteiger partial charge in [-0.05, 0) is 42.5 Å². The van der Waals surface area contributed by atoms with Crippen LogP contribution in [0.3, 0.4) is 0 Å². The Morgan fingerprint density at radius 2 is 2.00 bits per heavy atom. The maximum Gasteiger partial charge on any atom is 0.276 e. The van der Waals surface area contributed by atoms with Crippen molar-refractivity contribution in [2.45, 2.75) is 6.54 Å². The van der Waals surface area contributed by atoms with Crippen LogP contribution in [-0.2, 0) is 6.54 Å². The summed E-state index contributed by atoms with van der Waals surface area (Å²) in [5, 5.41) is 12.3. The molecule has 6 aromatic rings. The number of imidazole rings is 1. The molecule has 0 saturated carbocycles. The largest absolute Gasteiger partial charge is 0.463 e. The number of benzene rings is 1. The van der Waals surface area contributed by atoms with Gasteiger partial charge in [0.2, 0.25) is 0 Å². The molecule has 0 aliphatic rings. The van der Waals surface area contributed by atoms with Crippen molar-refractivity contribution >= 4 is 28.8 Å². The topological polar surface area (TPSA) is 95.2 Å². The van der Waals surface area contributed by atoms with Crippen LogP contribution >= 0.6 is 11.6 Å². The molecule has 0 spiro atoms. The zero-order valence-electron chi connectivity index (χ0n) is 18.2. The highest BCUT2D eigenvalue weighted by molar-refractivity contribution is 6.30. The Morgan fingerprint density at radius 1 is 1.06 bits per heavy atom. The predicted octanol–water partition coefficient (Wildman–Crippen LogP) is 4.93. The minimum absolute atomic E-state index is 0.226. The number of amides is 1. The maximum atomic E-state index is 13.0. The Bertz CT molecular complexity index is 1610. The van der Waals surface area contributed by atoms with Crippen molar-refractivity contribution < 1.29 is 9.21 Å². The molecule has 0 fully saturated rings. The third-order valence-corrected chi connectivity index (χ3v) is 5.63. The van der Waals surface area contributed by atoms with Gasteiger partial charge in [0.15, 0.2) is 11.5 Å². The summed E-state index contributed by atoms with van der Waals surface area (Å²) >= 11 is 6.17. The normalized spacial score (nSPS) is 11.2. The summed E-state index contributed by atoms with van der Waals surface area (Å²) in [6.07, 6.45) is 8.81. The summed E-state index contributed by atoms with van der Waals surface area (Å²) in [5.74, 6) is 0.211. The molecule has 0 aliphatic heterocycles. The molecule has 35 heavy (non-hydrogen) atoms. The van der Waals surface area contributed by atoms with E-state index in [4.69, 9.17) is 16.0 Å². The fourth-order valence-electron chi connectivity index (χ4n) is 3.84. The molecular formula is C25H18ClN7O2. The molecule has 0 atom stereocenters. The van der Waals surface area contributed by atoms with E-state index in [9.17, 15) is 4.79 Å². The van der Waals surface area contributed by atoms with E-state index < -0.39 is 0 Å². The molecule has 5 heterocycles. The lowest BCUT2D eigenvalue weighted by Gasteiger charge is -2.05. The number of furan rings is 1. The fourth-order valence-corrected chi connectivity index (χ4v) is 4.02. The number of nitrogens with one attached hydrogen (secondary N) is 1. The molecule has 10 heteroatoms. The number of halogens is 1. The first-order chi connectivity index (χ1) is 17.1. The van der Waals surface area contributed by atoms with Crippen molar-refractivity contribution in [3.05, 3.63) is 108 Å². The molecule has 9 nitrogen and oxygen atoms in total. The van der Waals surface area contributed by atoms with Gasteiger partial charge in [-0.2, -0.15) is 10.2 Å². The summed E-state index contributed by atoms with van der Waals surface area (Å²) in [7, 11) is 0. The van der Waals surface area contributed by atoms with Crippen molar-refractivity contribution in [2.24, 2.45) is 0 Å². The Hall–Kier alpha value is -4.63. The van der Waals surface area contributed by atoms with Crippen molar-refractivity contribution in [3.63, 3.8) is 0 Å². The molecule has 0 radical (unpaired) electrons. The van der Waals surface area contributed by atoms with Gasteiger partial charge < -0.3 is 14.1 Å². The van der Waals surface area contributed by atoms with Crippen molar-refractivity contribution in [3.8, 4) is 17.1 Å². The number of fused-ring (bicyclic) bond motifs is 1. The van der Waals surface area contributed by atoms with Crippen LogP contribution in [0.4, 0.5) is 5.69 Å². The summed E-state index contributed by atoms with van der Waals surface area (Å²) < 4.78 is 10.9. The van der Waals surface area contributed by atoms with Crippen molar-refractivity contribution in [1.82, 2.24) is 28.9 Å².